The predicted molar refractivity (Wildman–Crippen MR) is 61.9 cm³/mol. The van der Waals surface area contributed by atoms with Crippen molar-refractivity contribution in [2.45, 2.75) is 4.90 Å². The van der Waals surface area contributed by atoms with Crippen LogP contribution in [0.15, 0.2) is 29.2 Å². The molecule has 2 rings (SSSR count). The lowest BCUT2D eigenvalue weighted by atomic mass is 10.2. The smallest absolute Gasteiger partial charge is 0.240 e. The van der Waals surface area contributed by atoms with Crippen LogP contribution in [0.1, 0.15) is 0 Å². The number of aliphatic hydroxyl groups excluding tert-OH is 1. The van der Waals surface area contributed by atoms with Crippen molar-refractivity contribution in [2.24, 2.45) is 0 Å². The zero-order valence-electron chi connectivity index (χ0n) is 9.24. The van der Waals surface area contributed by atoms with E-state index in [4.69, 9.17) is 5.11 Å². The molecule has 0 saturated heterocycles. The minimum atomic E-state index is -3.58. The van der Waals surface area contributed by atoms with E-state index in [9.17, 15) is 8.42 Å². The number of hydrogen-bond acceptors (Lipinski definition) is 6. The van der Waals surface area contributed by atoms with Crippen molar-refractivity contribution >= 4 is 10.0 Å². The van der Waals surface area contributed by atoms with Gasteiger partial charge in [-0.25, -0.2) is 13.1 Å². The Morgan fingerprint density at radius 1 is 1.28 bits per heavy atom. The quantitative estimate of drug-likeness (QED) is 0.649. The molecule has 0 aliphatic carbocycles. The fraction of sp³-hybridized carbons (Fsp3) is 0.222. The van der Waals surface area contributed by atoms with Crippen LogP contribution >= 0.6 is 0 Å². The Morgan fingerprint density at radius 3 is 2.56 bits per heavy atom. The second kappa shape index (κ2) is 5.21. The molecule has 0 aliphatic heterocycles. The summed E-state index contributed by atoms with van der Waals surface area (Å²) in [5.41, 5.74) is 0.657. The molecule has 1 aromatic carbocycles. The number of aromatic amines is 1. The highest BCUT2D eigenvalue weighted by Gasteiger charge is 2.13. The number of nitrogens with zero attached hydrogens (tertiary/aromatic N) is 3. The molecule has 0 unspecified atom stereocenters. The molecule has 0 spiro atoms. The fourth-order valence-electron chi connectivity index (χ4n) is 1.33. The molecule has 0 bridgehead atoms. The van der Waals surface area contributed by atoms with E-state index in [0.717, 1.165) is 0 Å². The van der Waals surface area contributed by atoms with Crippen molar-refractivity contribution in [3.8, 4) is 11.4 Å². The van der Waals surface area contributed by atoms with Gasteiger partial charge in [0.2, 0.25) is 15.8 Å². The van der Waals surface area contributed by atoms with Gasteiger partial charge in [-0.2, -0.15) is 5.21 Å². The van der Waals surface area contributed by atoms with E-state index in [-0.39, 0.29) is 18.0 Å². The van der Waals surface area contributed by atoms with Crippen LogP contribution in [0.25, 0.3) is 11.4 Å². The van der Waals surface area contributed by atoms with Crippen LogP contribution < -0.4 is 4.72 Å². The lowest BCUT2D eigenvalue weighted by Crippen LogP contribution is -2.26. The van der Waals surface area contributed by atoms with E-state index in [1.165, 1.54) is 12.1 Å². The number of nitrogens with one attached hydrogen (secondary N) is 2. The van der Waals surface area contributed by atoms with Gasteiger partial charge in [-0.15, -0.1) is 10.2 Å². The average molecular weight is 269 g/mol. The summed E-state index contributed by atoms with van der Waals surface area (Å²) in [6.45, 7) is -0.269. The van der Waals surface area contributed by atoms with Crippen LogP contribution in [-0.2, 0) is 10.0 Å². The third-order valence-electron chi connectivity index (χ3n) is 2.17. The van der Waals surface area contributed by atoms with Gasteiger partial charge in [0.05, 0.1) is 11.5 Å². The maximum absolute atomic E-state index is 11.7. The van der Waals surface area contributed by atoms with Crippen molar-refractivity contribution in [3.63, 3.8) is 0 Å². The van der Waals surface area contributed by atoms with Crippen LogP contribution in [0, 0.1) is 0 Å². The Bertz CT molecular complexity index is 594. The molecular formula is C9H11N5O3S. The largest absolute Gasteiger partial charge is 0.395 e. The lowest BCUT2D eigenvalue weighted by molar-refractivity contribution is 0.301. The Balaban J connectivity index is 2.22. The first kappa shape index (κ1) is 12.6. The third kappa shape index (κ3) is 2.70. The van der Waals surface area contributed by atoms with E-state index in [1.54, 1.807) is 12.1 Å². The molecule has 2 aromatic rings. The topological polar surface area (TPSA) is 121 Å². The Hall–Kier alpha value is -1.84. The summed E-state index contributed by atoms with van der Waals surface area (Å²) in [6.07, 6.45) is 0. The summed E-state index contributed by atoms with van der Waals surface area (Å²) in [4.78, 5) is 0.114. The number of rotatable bonds is 5. The molecule has 0 fully saturated rings. The number of aromatic nitrogens is 4. The van der Waals surface area contributed by atoms with E-state index in [2.05, 4.69) is 25.3 Å². The van der Waals surface area contributed by atoms with Gasteiger partial charge in [0.25, 0.3) is 0 Å². The first-order valence-corrected chi connectivity index (χ1v) is 6.56. The van der Waals surface area contributed by atoms with E-state index < -0.39 is 10.0 Å². The summed E-state index contributed by atoms with van der Waals surface area (Å²) >= 11 is 0. The maximum Gasteiger partial charge on any atom is 0.240 e. The van der Waals surface area contributed by atoms with Gasteiger partial charge >= 0.3 is 0 Å². The highest BCUT2D eigenvalue weighted by Crippen LogP contribution is 2.16. The molecule has 18 heavy (non-hydrogen) atoms. The van der Waals surface area contributed by atoms with Gasteiger partial charge < -0.3 is 5.11 Å². The highest BCUT2D eigenvalue weighted by atomic mass is 32.2. The molecule has 0 atom stereocenters. The Kier molecular flexibility index (Phi) is 3.65. The number of aliphatic hydroxyl groups is 1. The molecule has 0 amide bonds. The zero-order chi connectivity index (χ0) is 13.0. The third-order valence-corrected chi connectivity index (χ3v) is 3.65. The van der Waals surface area contributed by atoms with Gasteiger partial charge in [0.1, 0.15) is 0 Å². The van der Waals surface area contributed by atoms with Gasteiger partial charge in [-0.1, -0.05) is 0 Å². The van der Waals surface area contributed by atoms with Crippen LogP contribution in [0.5, 0.6) is 0 Å². The maximum atomic E-state index is 11.7. The van der Waals surface area contributed by atoms with E-state index in [1.807, 2.05) is 0 Å². The first-order chi connectivity index (χ1) is 8.63. The van der Waals surface area contributed by atoms with Crippen molar-refractivity contribution in [3.05, 3.63) is 24.3 Å². The average Bonchev–Trinajstić information content (AvgIpc) is 2.90. The van der Waals surface area contributed by atoms with Crippen molar-refractivity contribution in [2.75, 3.05) is 13.2 Å². The minimum absolute atomic E-state index is 0.0189. The monoisotopic (exact) mass is 269 g/mol. The number of sulfonamides is 1. The summed E-state index contributed by atoms with van der Waals surface area (Å²) in [6, 6.07) is 6.04. The van der Waals surface area contributed by atoms with E-state index in [0.29, 0.717) is 11.4 Å². The standard InChI is InChI=1S/C9H11N5O3S/c15-6-5-10-18(16,17)8-3-1-7(2-4-8)9-11-13-14-12-9/h1-4,10,15H,5-6H2,(H,11,12,13,14). The summed E-state index contributed by atoms with van der Waals surface area (Å²) in [7, 11) is -3.58. The molecule has 3 N–H and O–H groups in total. The molecule has 0 radical (unpaired) electrons. The summed E-state index contributed by atoms with van der Waals surface area (Å²) in [5.74, 6) is 0.391. The molecule has 0 aliphatic rings. The summed E-state index contributed by atoms with van der Waals surface area (Å²) < 4.78 is 25.7. The number of hydrogen-bond donors (Lipinski definition) is 3. The van der Waals surface area contributed by atoms with Crippen molar-refractivity contribution in [1.29, 1.82) is 0 Å². The molecule has 1 heterocycles. The molecular weight excluding hydrogens is 258 g/mol. The second-order valence-electron chi connectivity index (χ2n) is 3.38. The van der Waals surface area contributed by atoms with Crippen molar-refractivity contribution < 1.29 is 13.5 Å². The zero-order valence-corrected chi connectivity index (χ0v) is 10.1. The fourth-order valence-corrected chi connectivity index (χ4v) is 2.35. The number of benzene rings is 1. The molecule has 0 saturated carbocycles. The number of tetrazole rings is 1. The lowest BCUT2D eigenvalue weighted by Gasteiger charge is -2.05. The van der Waals surface area contributed by atoms with Crippen LogP contribution in [-0.4, -0.2) is 47.3 Å². The predicted octanol–water partition coefficient (Wildman–Crippen LogP) is -0.863. The SMILES string of the molecule is O=S(=O)(NCCO)c1ccc(-c2nn[nH]n2)cc1. The highest BCUT2D eigenvalue weighted by molar-refractivity contribution is 7.89. The molecule has 96 valence electrons. The van der Waals surface area contributed by atoms with Gasteiger partial charge in [-0.05, 0) is 29.5 Å². The van der Waals surface area contributed by atoms with Crippen LogP contribution in [0.3, 0.4) is 0 Å². The summed E-state index contributed by atoms with van der Waals surface area (Å²) in [5, 5.41) is 21.9. The minimum Gasteiger partial charge on any atom is -0.395 e. The van der Waals surface area contributed by atoms with Gasteiger partial charge in [-0.3, -0.25) is 0 Å². The van der Waals surface area contributed by atoms with E-state index >= 15 is 0 Å². The van der Waals surface area contributed by atoms with Crippen LogP contribution in [0.2, 0.25) is 0 Å². The second-order valence-corrected chi connectivity index (χ2v) is 5.15. The Labute approximate surface area is 103 Å². The van der Waals surface area contributed by atoms with Crippen molar-refractivity contribution in [1.82, 2.24) is 25.3 Å². The number of H-pyrrole nitrogens is 1. The molecule has 9 heteroatoms. The van der Waals surface area contributed by atoms with Crippen LogP contribution in [0.4, 0.5) is 0 Å². The van der Waals surface area contributed by atoms with Gasteiger partial charge in [0, 0.05) is 12.1 Å². The van der Waals surface area contributed by atoms with Gasteiger partial charge in [0.15, 0.2) is 0 Å². The normalized spacial score (nSPS) is 11.6. The Morgan fingerprint density at radius 2 is 2.00 bits per heavy atom. The first-order valence-electron chi connectivity index (χ1n) is 5.08. The molecule has 1 aromatic heterocycles. The molecule has 8 nitrogen and oxygen atoms in total.